The van der Waals surface area contributed by atoms with E-state index in [1.807, 2.05) is 0 Å². The molecular weight excluding hydrogens is 357 g/mol. The summed E-state index contributed by atoms with van der Waals surface area (Å²) < 4.78 is 114. The molecule has 0 unspecified atom stereocenters. The highest BCUT2D eigenvalue weighted by Crippen LogP contribution is 2.33. The van der Waals surface area contributed by atoms with E-state index in [2.05, 4.69) is 0 Å². The second-order valence-corrected chi connectivity index (χ2v) is 4.52. The van der Waals surface area contributed by atoms with Crippen LogP contribution in [0.2, 0.25) is 0 Å². The van der Waals surface area contributed by atoms with Crippen LogP contribution in [0, 0.1) is 3.57 Å². The Kier molecular flexibility index (Phi) is 1.40. The molecule has 0 aliphatic carbocycles. The van der Waals surface area contributed by atoms with Crippen LogP contribution >= 0.6 is 22.6 Å². The van der Waals surface area contributed by atoms with E-state index in [9.17, 15) is 0 Å². The van der Waals surface area contributed by atoms with Crippen LogP contribution in [0.4, 0.5) is 17.1 Å². The number of nitrogens with zero attached hydrogens (tertiary/aromatic N) is 1. The Balaban J connectivity index is 2.68. The monoisotopic (exact) mass is 385 g/mol. The highest BCUT2D eigenvalue weighted by Gasteiger charge is 2.10. The molecule has 0 spiro atoms. The first-order chi connectivity index (χ1) is 15.7. The minimum atomic E-state index is -0.826. The number of para-hydroxylation sites is 2. The van der Waals surface area contributed by atoms with E-state index in [1.54, 1.807) is 22.6 Å². The van der Waals surface area contributed by atoms with Gasteiger partial charge in [0.05, 0.1) is 19.2 Å². The summed E-state index contributed by atoms with van der Waals surface area (Å²) in [5, 5.41) is 0. The molecule has 1 nitrogen and oxygen atoms in total. The molecule has 0 aliphatic heterocycles. The van der Waals surface area contributed by atoms with Gasteiger partial charge in [-0.3, -0.25) is 0 Å². The lowest BCUT2D eigenvalue weighted by Gasteiger charge is -2.25. The van der Waals surface area contributed by atoms with Crippen LogP contribution in [0.5, 0.6) is 0 Å². The van der Waals surface area contributed by atoms with Gasteiger partial charge in [0.2, 0.25) is 0 Å². The quantitative estimate of drug-likeness (QED) is 0.518. The zero-order chi connectivity index (χ0) is 26.0. The van der Waals surface area contributed by atoms with Crippen LogP contribution in [0.15, 0.2) is 84.6 Å². The van der Waals surface area contributed by atoms with Crippen molar-refractivity contribution in [3.8, 4) is 0 Å². The van der Waals surface area contributed by atoms with Crippen LogP contribution in [-0.4, -0.2) is 0 Å². The SMILES string of the molecule is [2H]c1c([2H])c([2H])c(N(c2c([2H])c([2H])c([2H])c([2H])c2[2H])c2c([2H])c([2H])c(I)c([2H])c2[2H])c([2H])c1[2H]. The van der Waals surface area contributed by atoms with Crippen molar-refractivity contribution in [3.63, 3.8) is 0 Å². The smallest absolute Gasteiger partial charge is 0.0645 e. The average Bonchev–Trinajstić information content (AvgIpc) is 2.81. The summed E-state index contributed by atoms with van der Waals surface area (Å²) in [6.45, 7) is 0. The molecule has 0 N–H and O–H groups in total. The van der Waals surface area contributed by atoms with Gasteiger partial charge < -0.3 is 4.90 Å². The molecule has 0 heterocycles. The maximum atomic E-state index is 8.44. The molecule has 0 saturated carbocycles. The Morgan fingerprint density at radius 3 is 1.45 bits per heavy atom. The van der Waals surface area contributed by atoms with Gasteiger partial charge in [-0.1, -0.05) is 36.3 Å². The van der Waals surface area contributed by atoms with E-state index in [-0.39, 0.29) is 3.57 Å². The minimum Gasteiger partial charge on any atom is -0.311 e. The number of benzene rings is 3. The maximum absolute atomic E-state index is 8.44. The molecule has 3 rings (SSSR count). The first kappa shape index (κ1) is 4.60. The summed E-state index contributed by atoms with van der Waals surface area (Å²) in [4.78, 5) is 0.622. The molecule has 0 aromatic heterocycles. The molecular formula is C18H14IN. The third-order valence-corrected chi connectivity index (χ3v) is 2.77. The fourth-order valence-corrected chi connectivity index (χ4v) is 1.72. The Morgan fingerprint density at radius 1 is 0.600 bits per heavy atom. The van der Waals surface area contributed by atoms with E-state index < -0.39 is 102 Å². The van der Waals surface area contributed by atoms with Crippen LogP contribution < -0.4 is 4.90 Å². The average molecular weight is 385 g/mol. The second kappa shape index (κ2) is 6.09. The van der Waals surface area contributed by atoms with Gasteiger partial charge in [-0.2, -0.15) is 0 Å². The van der Waals surface area contributed by atoms with Gasteiger partial charge in [0.15, 0.2) is 0 Å². The summed E-state index contributed by atoms with van der Waals surface area (Å²) in [5.41, 5.74) is -2.01. The number of halogens is 1. The molecule has 0 fully saturated rings. The first-order valence-electron chi connectivity index (χ1n) is 12.4. The first-order valence-corrected chi connectivity index (χ1v) is 6.44. The molecule has 98 valence electrons. The van der Waals surface area contributed by atoms with Crippen LogP contribution in [-0.2, 0) is 0 Å². The molecule has 0 bridgehead atoms. The third kappa shape index (κ3) is 2.85. The van der Waals surface area contributed by atoms with E-state index in [1.165, 1.54) is 0 Å². The lowest BCUT2D eigenvalue weighted by atomic mass is 10.2. The van der Waals surface area contributed by atoms with Gasteiger partial charge in [0.25, 0.3) is 0 Å². The number of anilines is 3. The molecule has 0 atom stereocenters. The fourth-order valence-electron chi connectivity index (χ4n) is 1.45. The van der Waals surface area contributed by atoms with Crippen molar-refractivity contribution in [2.24, 2.45) is 0 Å². The lowest BCUT2D eigenvalue weighted by molar-refractivity contribution is 1.28. The van der Waals surface area contributed by atoms with Crippen molar-refractivity contribution < 1.29 is 19.2 Å². The van der Waals surface area contributed by atoms with Gasteiger partial charge in [0.1, 0.15) is 0 Å². The van der Waals surface area contributed by atoms with Crippen molar-refractivity contribution >= 4 is 39.7 Å². The van der Waals surface area contributed by atoms with Crippen LogP contribution in [0.25, 0.3) is 0 Å². The van der Waals surface area contributed by atoms with Gasteiger partial charge in [-0.05, 0) is 70.9 Å². The number of hydrogen-bond acceptors (Lipinski definition) is 1. The van der Waals surface area contributed by atoms with Crippen molar-refractivity contribution in [2.45, 2.75) is 0 Å². The van der Waals surface area contributed by atoms with Gasteiger partial charge in [-0.15, -0.1) is 0 Å². The number of hydrogen-bond donors (Lipinski definition) is 0. The Hall–Kier alpha value is -1.81. The predicted molar refractivity (Wildman–Crippen MR) is 93.8 cm³/mol. The maximum Gasteiger partial charge on any atom is 0.0645 e. The van der Waals surface area contributed by atoms with Gasteiger partial charge in [-0.25, -0.2) is 0 Å². The summed E-state index contributed by atoms with van der Waals surface area (Å²) in [7, 11) is 0. The summed E-state index contributed by atoms with van der Waals surface area (Å²) in [5.74, 6) is 0. The van der Waals surface area contributed by atoms with E-state index in [0.29, 0.717) is 4.90 Å². The predicted octanol–water partition coefficient (Wildman–Crippen LogP) is 5.76. The molecule has 3 aromatic carbocycles. The summed E-state index contributed by atoms with van der Waals surface area (Å²) in [6.07, 6.45) is 0. The molecule has 20 heavy (non-hydrogen) atoms. The molecule has 0 saturated heterocycles. The van der Waals surface area contributed by atoms with Crippen molar-refractivity contribution in [1.29, 1.82) is 0 Å². The Morgan fingerprint density at radius 2 is 1.00 bits per heavy atom. The Labute approximate surface area is 152 Å². The highest BCUT2D eigenvalue weighted by atomic mass is 127. The molecule has 0 amide bonds. The largest absolute Gasteiger partial charge is 0.311 e. The van der Waals surface area contributed by atoms with Crippen LogP contribution in [0.1, 0.15) is 19.2 Å². The standard InChI is InChI=1S/C18H14IN/c19-15-11-13-18(14-12-15)20(16-7-3-1-4-8-16)17-9-5-2-6-10-17/h1-14H/i1D,2D,3D,4D,5D,6D,7D,8D,9D,10D,11D,12D,13D,14D. The Bertz CT molecular complexity index is 1120. The van der Waals surface area contributed by atoms with E-state index in [4.69, 9.17) is 19.2 Å². The molecule has 0 radical (unpaired) electrons. The van der Waals surface area contributed by atoms with Gasteiger partial charge in [0, 0.05) is 20.6 Å². The lowest BCUT2D eigenvalue weighted by Crippen LogP contribution is -2.09. The van der Waals surface area contributed by atoms with Crippen LogP contribution in [0.3, 0.4) is 0 Å². The third-order valence-electron chi connectivity index (χ3n) is 2.23. The highest BCUT2D eigenvalue weighted by molar-refractivity contribution is 14.1. The van der Waals surface area contributed by atoms with Crippen molar-refractivity contribution in [3.05, 3.63) is 88.2 Å². The molecule has 2 heteroatoms. The van der Waals surface area contributed by atoms with Gasteiger partial charge >= 0.3 is 0 Å². The van der Waals surface area contributed by atoms with E-state index in [0.717, 1.165) is 0 Å². The molecule has 0 aliphatic rings. The second-order valence-electron chi connectivity index (χ2n) is 3.45. The minimum absolute atomic E-state index is 0.0570. The fraction of sp³-hybridized carbons (Fsp3) is 0. The normalized spacial score (nSPS) is 20.1. The van der Waals surface area contributed by atoms with Crippen molar-refractivity contribution in [2.75, 3.05) is 4.90 Å². The topological polar surface area (TPSA) is 3.24 Å². The zero-order valence-electron chi connectivity index (χ0n) is 23.8. The summed E-state index contributed by atoms with van der Waals surface area (Å²) >= 11 is 1.60. The number of rotatable bonds is 3. The van der Waals surface area contributed by atoms with Crippen molar-refractivity contribution in [1.82, 2.24) is 0 Å². The van der Waals surface area contributed by atoms with E-state index >= 15 is 0 Å². The molecule has 3 aromatic rings. The zero-order valence-corrected chi connectivity index (χ0v) is 12.0. The summed E-state index contributed by atoms with van der Waals surface area (Å²) in [6, 6.07) is -10.4.